The van der Waals surface area contributed by atoms with Crippen LogP contribution in [0.4, 0.5) is 11.4 Å². The highest BCUT2D eigenvalue weighted by Gasteiger charge is 2.16. The van der Waals surface area contributed by atoms with Crippen molar-refractivity contribution in [3.05, 3.63) is 115 Å². The Morgan fingerprint density at radius 3 is 1.38 bits per heavy atom. The molecule has 0 spiro atoms. The Bertz CT molecular complexity index is 1530. The van der Waals surface area contributed by atoms with Gasteiger partial charge in [0.2, 0.25) is 0 Å². The van der Waals surface area contributed by atoms with Crippen LogP contribution in [0.1, 0.15) is 0 Å². The van der Waals surface area contributed by atoms with Crippen LogP contribution in [-0.2, 0) is 11.1 Å². The Kier molecular flexibility index (Phi) is 6.89. The zero-order valence-corrected chi connectivity index (χ0v) is 20.5. The van der Waals surface area contributed by atoms with Gasteiger partial charge < -0.3 is 25.5 Å². The molecule has 0 saturated heterocycles. The van der Waals surface area contributed by atoms with E-state index in [1.807, 2.05) is 66.7 Å². The predicted molar refractivity (Wildman–Crippen MR) is 148 cm³/mol. The van der Waals surface area contributed by atoms with Gasteiger partial charge in [0.1, 0.15) is 23.0 Å². The molecule has 5 aromatic carbocycles. The molecule has 7 heteroatoms. The van der Waals surface area contributed by atoms with Gasteiger partial charge in [-0.1, -0.05) is 36.4 Å². The topological polar surface area (TPSA) is 108 Å². The molecule has 184 valence electrons. The van der Waals surface area contributed by atoms with Gasteiger partial charge in [-0.15, -0.1) is 0 Å². The quantitative estimate of drug-likeness (QED) is 0.157. The van der Waals surface area contributed by atoms with Gasteiger partial charge in [-0.3, -0.25) is 0 Å². The Balaban J connectivity index is 1.45. The summed E-state index contributed by atoms with van der Waals surface area (Å²) < 4.78 is 34.1. The average molecular weight is 509 g/mol. The van der Waals surface area contributed by atoms with Crippen molar-refractivity contribution in [2.45, 2.75) is 4.90 Å². The summed E-state index contributed by atoms with van der Waals surface area (Å²) in [7, 11) is 0. The van der Waals surface area contributed by atoms with Crippen molar-refractivity contribution < 1.29 is 18.2 Å². The van der Waals surface area contributed by atoms with E-state index in [1.165, 1.54) is 0 Å². The van der Waals surface area contributed by atoms with E-state index in [9.17, 15) is 8.76 Å². The third-order valence-corrected chi connectivity index (χ3v) is 6.47. The van der Waals surface area contributed by atoms with Crippen LogP contribution < -0.4 is 20.9 Å². The zero-order valence-electron chi connectivity index (χ0n) is 19.7. The normalized spacial score (nSPS) is 11.6. The molecule has 5 N–H and O–H groups in total. The van der Waals surface area contributed by atoms with Crippen molar-refractivity contribution in [1.82, 2.24) is 0 Å². The number of rotatable bonds is 7. The van der Waals surface area contributed by atoms with Gasteiger partial charge in [0.25, 0.3) is 0 Å². The van der Waals surface area contributed by atoms with Gasteiger partial charge in [0, 0.05) is 16.9 Å². The lowest BCUT2D eigenvalue weighted by molar-refractivity contribution is 0.482. The first-order valence-corrected chi connectivity index (χ1v) is 12.6. The number of ether oxygens (including phenoxy) is 2. The average Bonchev–Trinajstić information content (AvgIpc) is 2.92. The molecule has 0 radical (unpaired) electrons. The molecule has 0 amide bonds. The second-order valence-corrected chi connectivity index (χ2v) is 9.26. The maximum absolute atomic E-state index is 12.2. The maximum atomic E-state index is 12.2. The zero-order chi connectivity index (χ0) is 25.8. The van der Waals surface area contributed by atoms with E-state index in [2.05, 4.69) is 0 Å². The molecular formula is C30H24N2O4S. The van der Waals surface area contributed by atoms with Crippen molar-refractivity contribution in [2.24, 2.45) is 0 Å². The first kappa shape index (κ1) is 24.1. The standard InChI is InChI=1S/C30H24N2O4S/c31-22-8-16-26(17-9-22)35-24-12-4-20(5-13-24)28-2-1-3-29(37(33)34)30(28)21-6-14-25(15-7-21)36-27-18-10-23(32)11-19-27/h1-19H,31-32H2,(H,33,34). The molecule has 0 aliphatic heterocycles. The lowest BCUT2D eigenvalue weighted by atomic mass is 9.94. The second kappa shape index (κ2) is 10.6. The Morgan fingerprint density at radius 2 is 0.946 bits per heavy atom. The summed E-state index contributed by atoms with van der Waals surface area (Å²) >= 11 is -2.18. The molecule has 0 heterocycles. The van der Waals surface area contributed by atoms with E-state index >= 15 is 0 Å². The molecule has 1 atom stereocenters. The summed E-state index contributed by atoms with van der Waals surface area (Å²) in [5.74, 6) is 2.66. The largest absolute Gasteiger partial charge is 0.457 e. The molecule has 0 saturated carbocycles. The number of hydrogen-bond acceptors (Lipinski definition) is 5. The fraction of sp³-hybridized carbons (Fsp3) is 0. The van der Waals surface area contributed by atoms with E-state index in [0.717, 1.165) is 16.7 Å². The van der Waals surface area contributed by atoms with Crippen molar-refractivity contribution in [3.63, 3.8) is 0 Å². The lowest BCUT2D eigenvalue weighted by Gasteiger charge is -2.15. The van der Waals surface area contributed by atoms with Crippen LogP contribution in [0.3, 0.4) is 0 Å². The minimum absolute atomic E-state index is 0.326. The van der Waals surface area contributed by atoms with E-state index in [0.29, 0.717) is 44.8 Å². The second-order valence-electron chi connectivity index (χ2n) is 8.32. The summed E-state index contributed by atoms with van der Waals surface area (Å²) in [6, 6.07) is 34.7. The Hall–Kier alpha value is -4.59. The summed E-state index contributed by atoms with van der Waals surface area (Å²) in [6.45, 7) is 0. The molecule has 1 unspecified atom stereocenters. The van der Waals surface area contributed by atoms with Gasteiger partial charge in [-0.05, 0) is 95.6 Å². The molecule has 37 heavy (non-hydrogen) atoms. The molecule has 0 fully saturated rings. The number of nitrogen functional groups attached to an aromatic ring is 2. The molecule has 0 aliphatic rings. The van der Waals surface area contributed by atoms with Gasteiger partial charge in [-0.25, -0.2) is 4.21 Å². The van der Waals surface area contributed by atoms with Crippen LogP contribution in [0.25, 0.3) is 22.3 Å². The number of benzene rings is 5. The van der Waals surface area contributed by atoms with E-state index in [1.54, 1.807) is 48.5 Å². The van der Waals surface area contributed by atoms with Crippen molar-refractivity contribution >= 4 is 22.5 Å². The molecule has 0 aromatic heterocycles. The minimum Gasteiger partial charge on any atom is -0.457 e. The highest BCUT2D eigenvalue weighted by atomic mass is 32.2. The first-order valence-electron chi connectivity index (χ1n) is 11.5. The highest BCUT2D eigenvalue weighted by molar-refractivity contribution is 7.79. The van der Waals surface area contributed by atoms with Gasteiger partial charge in [0.15, 0.2) is 11.1 Å². The third-order valence-electron chi connectivity index (χ3n) is 5.75. The predicted octanol–water partition coefficient (Wildman–Crippen LogP) is 7.35. The summed E-state index contributed by atoms with van der Waals surface area (Å²) in [4.78, 5) is 0.326. The number of nitrogens with two attached hydrogens (primary N) is 2. The summed E-state index contributed by atoms with van der Waals surface area (Å²) in [5.41, 5.74) is 16.0. The summed E-state index contributed by atoms with van der Waals surface area (Å²) in [6.07, 6.45) is 0. The molecule has 0 aliphatic carbocycles. The van der Waals surface area contributed by atoms with Crippen LogP contribution in [0.15, 0.2) is 120 Å². The van der Waals surface area contributed by atoms with E-state index in [4.69, 9.17) is 20.9 Å². The molecule has 5 rings (SSSR count). The molecule has 5 aromatic rings. The smallest absolute Gasteiger partial charge is 0.187 e. The molecule has 6 nitrogen and oxygen atoms in total. The first-order chi connectivity index (χ1) is 18.0. The van der Waals surface area contributed by atoms with Crippen LogP contribution in [-0.4, -0.2) is 8.76 Å². The van der Waals surface area contributed by atoms with Crippen LogP contribution in [0.2, 0.25) is 0 Å². The van der Waals surface area contributed by atoms with Crippen molar-refractivity contribution in [3.8, 4) is 45.3 Å². The Morgan fingerprint density at radius 1 is 0.541 bits per heavy atom. The number of hydrogen-bond donors (Lipinski definition) is 3. The van der Waals surface area contributed by atoms with Gasteiger partial charge in [0.05, 0.1) is 4.90 Å². The minimum atomic E-state index is -2.18. The van der Waals surface area contributed by atoms with E-state index < -0.39 is 11.1 Å². The number of anilines is 2. The SMILES string of the molecule is Nc1ccc(Oc2ccc(-c3cccc(S(=O)O)c3-c3ccc(Oc4ccc(N)cc4)cc3)cc2)cc1. The van der Waals surface area contributed by atoms with Crippen molar-refractivity contribution in [2.75, 3.05) is 11.5 Å². The molecular weight excluding hydrogens is 484 g/mol. The van der Waals surface area contributed by atoms with Crippen LogP contribution in [0.5, 0.6) is 23.0 Å². The maximum Gasteiger partial charge on any atom is 0.187 e. The fourth-order valence-electron chi connectivity index (χ4n) is 3.95. The monoisotopic (exact) mass is 508 g/mol. The lowest BCUT2D eigenvalue weighted by Crippen LogP contribution is -1.96. The van der Waals surface area contributed by atoms with Crippen molar-refractivity contribution in [1.29, 1.82) is 0 Å². The Labute approximate surface area is 217 Å². The fourth-order valence-corrected chi connectivity index (χ4v) is 4.55. The van der Waals surface area contributed by atoms with Gasteiger partial charge >= 0.3 is 0 Å². The van der Waals surface area contributed by atoms with Crippen LogP contribution >= 0.6 is 0 Å². The molecule has 0 bridgehead atoms. The van der Waals surface area contributed by atoms with Crippen LogP contribution in [0, 0.1) is 0 Å². The summed E-state index contributed by atoms with van der Waals surface area (Å²) in [5, 5.41) is 0. The van der Waals surface area contributed by atoms with Gasteiger partial charge in [-0.2, -0.15) is 0 Å². The highest BCUT2D eigenvalue weighted by Crippen LogP contribution is 2.38. The third kappa shape index (κ3) is 5.64. The van der Waals surface area contributed by atoms with E-state index in [-0.39, 0.29) is 0 Å².